The van der Waals surface area contributed by atoms with Gasteiger partial charge in [-0.3, -0.25) is 0 Å². The minimum Gasteiger partial charge on any atom is -0.362 e. The molecule has 0 aliphatic rings. The summed E-state index contributed by atoms with van der Waals surface area (Å²) in [4.78, 5) is 36.3. The maximum atomic E-state index is 13.2. The van der Waals surface area contributed by atoms with Crippen LogP contribution in [0.3, 0.4) is 0 Å². The van der Waals surface area contributed by atoms with Gasteiger partial charge in [0.1, 0.15) is 57.9 Å². The van der Waals surface area contributed by atoms with E-state index in [-0.39, 0.29) is 11.1 Å². The van der Waals surface area contributed by atoms with E-state index in [0.29, 0.717) is 11.5 Å². The van der Waals surface area contributed by atoms with Gasteiger partial charge in [-0.25, -0.2) is 34.3 Å². The van der Waals surface area contributed by atoms with Gasteiger partial charge in [-0.2, -0.15) is 0 Å². The van der Waals surface area contributed by atoms with Crippen molar-refractivity contribution in [2.75, 3.05) is 16.0 Å². The summed E-state index contributed by atoms with van der Waals surface area (Å²) in [6, 6.07) is 47.1. The first-order chi connectivity index (χ1) is 31.9. The van der Waals surface area contributed by atoms with Crippen molar-refractivity contribution in [1.29, 1.82) is 0 Å². The number of nitrogens with one attached hydrogen (secondary N) is 6. The number of hydrogen-bond donors (Lipinski definition) is 6. The molecule has 6 N–H and O–H groups in total. The minimum absolute atomic E-state index is 0.0620. The molecule has 15 heteroatoms. The fraction of sp³-hybridized carbons (Fsp3) is 0.0400. The molecule has 1 atom stereocenters. The standard InChI is InChI=1S/C18H16N4.C16H11BrN4.C16H10ClFN4/c1-12(13-7-3-2-4-8-13)21-18-17-16(19-11-20-18)14-9-5-6-10-15(14)22-17;17-10-4-3-5-11(8-10)20-16-15-14(18-9-19-16)12-6-1-2-7-13(12)21-15;17-11-7-9(5-6-12(11)18)21-16-15-14(19-8-20-16)10-3-1-2-4-13(10)22-15/h2-12,22H,1H3,(H,19,20,21);1-9,21H,(H,18,19,20);1-8,22H,(H,19,20,21). The van der Waals surface area contributed by atoms with Crippen molar-refractivity contribution >= 4 is 122 Å². The molecule has 0 amide bonds. The van der Waals surface area contributed by atoms with Gasteiger partial charge in [-0.05, 0) is 67.1 Å². The number of fused-ring (bicyclic) bond motifs is 9. The van der Waals surface area contributed by atoms with E-state index in [4.69, 9.17) is 11.6 Å². The number of H-pyrrole nitrogens is 3. The van der Waals surface area contributed by atoms with E-state index in [2.05, 4.69) is 114 Å². The van der Waals surface area contributed by atoms with Crippen molar-refractivity contribution in [3.63, 3.8) is 0 Å². The number of para-hydroxylation sites is 3. The molecule has 0 saturated heterocycles. The van der Waals surface area contributed by atoms with Gasteiger partial charge in [-0.15, -0.1) is 0 Å². The lowest BCUT2D eigenvalue weighted by molar-refractivity contribution is 0.628. The largest absolute Gasteiger partial charge is 0.362 e. The predicted molar refractivity (Wildman–Crippen MR) is 265 cm³/mol. The van der Waals surface area contributed by atoms with Crippen LogP contribution in [-0.2, 0) is 0 Å². The van der Waals surface area contributed by atoms with Crippen LogP contribution >= 0.6 is 27.5 Å². The van der Waals surface area contributed by atoms with Gasteiger partial charge in [0.15, 0.2) is 17.5 Å². The van der Waals surface area contributed by atoms with E-state index < -0.39 is 5.82 Å². The van der Waals surface area contributed by atoms with Gasteiger partial charge in [-0.1, -0.05) is 119 Å². The Balaban J connectivity index is 0.000000115. The summed E-state index contributed by atoms with van der Waals surface area (Å²) in [6.45, 7) is 2.13. The van der Waals surface area contributed by atoms with Crippen molar-refractivity contribution in [3.05, 3.63) is 185 Å². The molecule has 0 saturated carbocycles. The van der Waals surface area contributed by atoms with Gasteiger partial charge in [0.25, 0.3) is 0 Å². The molecule has 0 bridgehead atoms. The van der Waals surface area contributed by atoms with Crippen molar-refractivity contribution in [2.24, 2.45) is 0 Å². The summed E-state index contributed by atoms with van der Waals surface area (Å²) in [5.41, 5.74) is 11.4. The van der Waals surface area contributed by atoms with Crippen LogP contribution in [0.25, 0.3) is 65.8 Å². The first kappa shape index (κ1) is 41.1. The van der Waals surface area contributed by atoms with E-state index >= 15 is 0 Å². The van der Waals surface area contributed by atoms with Crippen LogP contribution in [0.2, 0.25) is 5.02 Å². The Labute approximate surface area is 383 Å². The topological polar surface area (TPSA) is 161 Å². The molecule has 0 spiro atoms. The third-order valence-electron chi connectivity index (χ3n) is 10.8. The molecule has 6 aromatic carbocycles. The second-order valence-electron chi connectivity index (χ2n) is 15.0. The first-order valence-electron chi connectivity index (χ1n) is 20.6. The molecule has 6 aromatic heterocycles. The molecule has 12 nitrogen and oxygen atoms in total. The number of hydrogen-bond acceptors (Lipinski definition) is 9. The van der Waals surface area contributed by atoms with Crippen LogP contribution in [-0.4, -0.2) is 44.9 Å². The Bertz CT molecular complexity index is 3630. The number of nitrogens with zero attached hydrogens (tertiary/aromatic N) is 6. The van der Waals surface area contributed by atoms with Crippen LogP contribution in [0.15, 0.2) is 169 Å². The van der Waals surface area contributed by atoms with E-state index in [1.807, 2.05) is 97.1 Å². The summed E-state index contributed by atoms with van der Waals surface area (Å²) >= 11 is 9.28. The molecule has 12 aromatic rings. The van der Waals surface area contributed by atoms with Crippen molar-refractivity contribution in [1.82, 2.24) is 44.9 Å². The highest BCUT2D eigenvalue weighted by Crippen LogP contribution is 2.32. The van der Waals surface area contributed by atoms with Gasteiger partial charge >= 0.3 is 0 Å². The Hall–Kier alpha value is -7.94. The lowest BCUT2D eigenvalue weighted by Gasteiger charge is -2.15. The summed E-state index contributed by atoms with van der Waals surface area (Å²) in [5, 5.41) is 13.3. The summed E-state index contributed by atoms with van der Waals surface area (Å²) < 4.78 is 14.3. The molecule has 6 heterocycles. The highest BCUT2D eigenvalue weighted by molar-refractivity contribution is 9.10. The minimum atomic E-state index is -0.453. The quantitative estimate of drug-likeness (QED) is 0.0914. The van der Waals surface area contributed by atoms with Crippen LogP contribution < -0.4 is 16.0 Å². The van der Waals surface area contributed by atoms with Crippen LogP contribution in [0.4, 0.5) is 33.2 Å². The molecule has 65 heavy (non-hydrogen) atoms. The van der Waals surface area contributed by atoms with Crippen LogP contribution in [0, 0.1) is 5.82 Å². The number of anilines is 5. The van der Waals surface area contributed by atoms with E-state index in [0.717, 1.165) is 87.6 Å². The monoisotopic (exact) mass is 938 g/mol. The average molecular weight is 940 g/mol. The normalized spacial score (nSPS) is 11.6. The Morgan fingerprint density at radius 3 is 1.48 bits per heavy atom. The van der Waals surface area contributed by atoms with Crippen molar-refractivity contribution in [3.8, 4) is 0 Å². The fourth-order valence-electron chi connectivity index (χ4n) is 7.67. The zero-order chi connectivity index (χ0) is 44.3. The summed E-state index contributed by atoms with van der Waals surface area (Å²) in [6.07, 6.45) is 4.70. The molecule has 1 unspecified atom stereocenters. The Morgan fingerprint density at radius 1 is 0.508 bits per heavy atom. The highest BCUT2D eigenvalue weighted by Gasteiger charge is 2.14. The third kappa shape index (κ3) is 8.60. The maximum Gasteiger partial charge on any atom is 0.158 e. The molecule has 0 aliphatic heterocycles. The molecule has 0 aliphatic carbocycles. The smallest absolute Gasteiger partial charge is 0.158 e. The summed E-state index contributed by atoms with van der Waals surface area (Å²) in [5.74, 6) is 1.77. The molecular formula is C50H37BrClFN12. The van der Waals surface area contributed by atoms with Gasteiger partial charge in [0.05, 0.1) is 11.1 Å². The van der Waals surface area contributed by atoms with E-state index in [1.165, 1.54) is 24.0 Å². The van der Waals surface area contributed by atoms with Gasteiger partial charge in [0.2, 0.25) is 0 Å². The van der Waals surface area contributed by atoms with Gasteiger partial charge in [0, 0.05) is 48.6 Å². The summed E-state index contributed by atoms with van der Waals surface area (Å²) in [7, 11) is 0. The van der Waals surface area contributed by atoms with Crippen LogP contribution in [0.5, 0.6) is 0 Å². The van der Waals surface area contributed by atoms with Crippen molar-refractivity contribution < 1.29 is 4.39 Å². The maximum absolute atomic E-state index is 13.2. The first-order valence-corrected chi connectivity index (χ1v) is 21.7. The zero-order valence-electron chi connectivity index (χ0n) is 34.5. The number of rotatable bonds is 7. The number of benzene rings is 6. The molecule has 0 fully saturated rings. The fourth-order valence-corrected chi connectivity index (χ4v) is 8.25. The number of halogens is 3. The predicted octanol–water partition coefficient (Wildman–Crippen LogP) is 13.5. The second kappa shape index (κ2) is 18.0. The lowest BCUT2D eigenvalue weighted by Crippen LogP contribution is -2.08. The highest BCUT2D eigenvalue weighted by atomic mass is 79.9. The molecule has 318 valence electrons. The SMILES string of the molecule is Brc1cccc(Nc2ncnc3c2[nH]c2ccccc23)c1.CC(Nc1ncnc2c1[nH]c1ccccc12)c1ccccc1.Fc1ccc(Nc2ncnc3c2[nH]c2ccccc23)cc1Cl. The zero-order valence-corrected chi connectivity index (χ0v) is 36.8. The molecule has 12 rings (SSSR count). The number of aromatic nitrogens is 9. The molecular weight excluding hydrogens is 903 g/mol. The van der Waals surface area contributed by atoms with E-state index in [9.17, 15) is 4.39 Å². The number of aromatic amines is 3. The van der Waals surface area contributed by atoms with Crippen LogP contribution in [0.1, 0.15) is 18.5 Å². The third-order valence-corrected chi connectivity index (χ3v) is 11.6. The Kier molecular flexibility index (Phi) is 11.4. The average Bonchev–Trinajstić information content (AvgIpc) is 4.04. The van der Waals surface area contributed by atoms with Gasteiger partial charge < -0.3 is 30.9 Å². The Morgan fingerprint density at radius 2 is 0.969 bits per heavy atom. The lowest BCUT2D eigenvalue weighted by atomic mass is 10.1. The molecule has 0 radical (unpaired) electrons. The van der Waals surface area contributed by atoms with E-state index in [1.54, 1.807) is 18.7 Å². The second-order valence-corrected chi connectivity index (χ2v) is 16.3. The van der Waals surface area contributed by atoms with Crippen molar-refractivity contribution in [2.45, 2.75) is 13.0 Å².